The van der Waals surface area contributed by atoms with Crippen molar-refractivity contribution in [2.75, 3.05) is 5.32 Å². The highest BCUT2D eigenvalue weighted by molar-refractivity contribution is 5.52. The highest BCUT2D eigenvalue weighted by atomic mass is 19.1. The van der Waals surface area contributed by atoms with E-state index in [4.69, 9.17) is 0 Å². The summed E-state index contributed by atoms with van der Waals surface area (Å²) in [4.78, 5) is 10.2. The maximum Gasteiger partial charge on any atom is 0.274 e. The van der Waals surface area contributed by atoms with Crippen molar-refractivity contribution in [3.8, 4) is 0 Å². The fourth-order valence-corrected chi connectivity index (χ4v) is 2.73. The fraction of sp³-hybridized carbons (Fsp3) is 0.571. The molecule has 1 aliphatic carbocycles. The Morgan fingerprint density at radius 2 is 2.11 bits per heavy atom. The first-order chi connectivity index (χ1) is 8.88. The first kappa shape index (κ1) is 13.8. The second kappa shape index (κ2) is 5.15. The molecule has 1 saturated carbocycles. The van der Waals surface area contributed by atoms with Gasteiger partial charge < -0.3 is 5.32 Å². The van der Waals surface area contributed by atoms with E-state index in [9.17, 15) is 14.5 Å². The van der Waals surface area contributed by atoms with Crippen LogP contribution in [-0.2, 0) is 0 Å². The molecular weight excluding hydrogens is 247 g/mol. The molecule has 1 atom stereocenters. The predicted octanol–water partition coefficient (Wildman–Crippen LogP) is 4.11. The Labute approximate surface area is 112 Å². The van der Waals surface area contributed by atoms with Gasteiger partial charge in [0.05, 0.1) is 11.0 Å². The van der Waals surface area contributed by atoms with Gasteiger partial charge >= 0.3 is 0 Å². The lowest BCUT2D eigenvalue weighted by atomic mass is 9.73. The molecule has 2 rings (SSSR count). The molecule has 0 aromatic heterocycles. The zero-order valence-electron chi connectivity index (χ0n) is 11.3. The quantitative estimate of drug-likeness (QED) is 0.661. The van der Waals surface area contributed by atoms with E-state index in [1.54, 1.807) is 0 Å². The third kappa shape index (κ3) is 3.22. The fourth-order valence-electron chi connectivity index (χ4n) is 2.73. The van der Waals surface area contributed by atoms with E-state index >= 15 is 0 Å². The molecule has 104 valence electrons. The molecule has 0 spiro atoms. The van der Waals surface area contributed by atoms with Crippen LogP contribution in [0.5, 0.6) is 0 Å². The lowest BCUT2D eigenvalue weighted by Crippen LogP contribution is -2.38. The monoisotopic (exact) mass is 266 g/mol. The molecule has 5 heteroatoms. The molecule has 0 amide bonds. The Morgan fingerprint density at radius 3 is 2.74 bits per heavy atom. The normalized spacial score (nSPS) is 21.9. The van der Waals surface area contributed by atoms with Crippen molar-refractivity contribution in [3.63, 3.8) is 0 Å². The second-order valence-electron chi connectivity index (χ2n) is 5.89. The number of hydrogen-bond acceptors (Lipinski definition) is 3. The summed E-state index contributed by atoms with van der Waals surface area (Å²) in [5.74, 6) is -0.578. The van der Waals surface area contributed by atoms with Gasteiger partial charge in [0.15, 0.2) is 0 Å². The van der Waals surface area contributed by atoms with Gasteiger partial charge in [-0.25, -0.2) is 4.39 Å². The first-order valence-electron chi connectivity index (χ1n) is 6.60. The number of nitro benzene ring substituents is 1. The number of nitrogens with one attached hydrogen (secondary N) is 1. The first-order valence-corrected chi connectivity index (χ1v) is 6.60. The van der Waals surface area contributed by atoms with Crippen LogP contribution in [0.3, 0.4) is 0 Å². The van der Waals surface area contributed by atoms with Crippen LogP contribution in [0, 0.1) is 21.3 Å². The number of non-ortho nitro benzene ring substituents is 1. The van der Waals surface area contributed by atoms with E-state index in [2.05, 4.69) is 19.2 Å². The van der Waals surface area contributed by atoms with Crippen LogP contribution in [0.4, 0.5) is 15.8 Å². The zero-order chi connectivity index (χ0) is 14.0. The summed E-state index contributed by atoms with van der Waals surface area (Å²) in [5, 5.41) is 14.0. The maximum atomic E-state index is 13.4. The van der Waals surface area contributed by atoms with Crippen molar-refractivity contribution in [2.45, 2.75) is 45.6 Å². The van der Waals surface area contributed by atoms with Crippen LogP contribution in [0.1, 0.15) is 39.5 Å². The Morgan fingerprint density at radius 1 is 1.37 bits per heavy atom. The zero-order valence-corrected chi connectivity index (χ0v) is 11.3. The minimum absolute atomic E-state index is 0.124. The van der Waals surface area contributed by atoms with Crippen LogP contribution in [0.25, 0.3) is 0 Å². The van der Waals surface area contributed by atoms with Crippen LogP contribution in [0.2, 0.25) is 0 Å². The number of anilines is 1. The van der Waals surface area contributed by atoms with Gasteiger partial charge in [-0.1, -0.05) is 26.7 Å². The van der Waals surface area contributed by atoms with E-state index in [1.807, 2.05) is 0 Å². The summed E-state index contributed by atoms with van der Waals surface area (Å²) >= 11 is 0. The number of nitrogens with zero attached hydrogens (tertiary/aromatic N) is 1. The third-order valence-corrected chi connectivity index (χ3v) is 3.94. The molecule has 1 N–H and O–H groups in total. The van der Waals surface area contributed by atoms with E-state index in [1.165, 1.54) is 18.6 Å². The predicted molar refractivity (Wildman–Crippen MR) is 72.7 cm³/mol. The van der Waals surface area contributed by atoms with Crippen molar-refractivity contribution in [2.24, 2.45) is 5.41 Å². The van der Waals surface area contributed by atoms with Crippen molar-refractivity contribution in [1.82, 2.24) is 0 Å². The van der Waals surface area contributed by atoms with Crippen molar-refractivity contribution in [1.29, 1.82) is 0 Å². The summed E-state index contributed by atoms with van der Waals surface area (Å²) in [7, 11) is 0. The molecule has 0 aliphatic heterocycles. The smallest absolute Gasteiger partial charge is 0.274 e. The molecule has 1 fully saturated rings. The van der Waals surface area contributed by atoms with E-state index in [0.717, 1.165) is 25.3 Å². The van der Waals surface area contributed by atoms with Crippen molar-refractivity contribution in [3.05, 3.63) is 34.1 Å². The highest BCUT2D eigenvalue weighted by Gasteiger charge is 2.32. The maximum absolute atomic E-state index is 13.4. The Balaban J connectivity index is 2.20. The van der Waals surface area contributed by atoms with Crippen LogP contribution in [0.15, 0.2) is 18.2 Å². The molecule has 0 radical (unpaired) electrons. The molecular formula is C14H19FN2O2. The molecule has 19 heavy (non-hydrogen) atoms. The summed E-state index contributed by atoms with van der Waals surface area (Å²) in [6.07, 6.45) is 4.46. The molecule has 0 heterocycles. The van der Waals surface area contributed by atoms with Gasteiger partial charge in [-0.3, -0.25) is 10.1 Å². The van der Waals surface area contributed by atoms with Crippen LogP contribution >= 0.6 is 0 Å². The summed E-state index contributed by atoms with van der Waals surface area (Å²) in [5.41, 5.74) is 0.405. The number of rotatable bonds is 3. The number of halogens is 1. The SMILES string of the molecule is CC1(C)CCCCC1Nc1cc(F)cc([N+](=O)[O-])c1. The van der Waals surface area contributed by atoms with Crippen LogP contribution in [-0.4, -0.2) is 11.0 Å². The van der Waals surface area contributed by atoms with Gasteiger partial charge in [-0.2, -0.15) is 0 Å². The third-order valence-electron chi connectivity index (χ3n) is 3.94. The van der Waals surface area contributed by atoms with Gasteiger partial charge in [-0.05, 0) is 24.3 Å². The summed E-state index contributed by atoms with van der Waals surface area (Å²) in [6.45, 7) is 4.36. The van der Waals surface area contributed by atoms with Gasteiger partial charge in [0.1, 0.15) is 5.82 Å². The lowest BCUT2D eigenvalue weighted by molar-refractivity contribution is -0.385. The standard InChI is InChI=1S/C14H19FN2O2/c1-14(2)6-4-3-5-13(14)16-11-7-10(15)8-12(9-11)17(18)19/h7-9,13,16H,3-6H2,1-2H3. The lowest BCUT2D eigenvalue weighted by Gasteiger charge is -2.39. The Bertz CT molecular complexity index is 488. The number of benzene rings is 1. The minimum atomic E-state index is -0.578. The average molecular weight is 266 g/mol. The largest absolute Gasteiger partial charge is 0.381 e. The number of hydrogen-bond donors (Lipinski definition) is 1. The average Bonchev–Trinajstić information content (AvgIpc) is 2.31. The summed E-state index contributed by atoms with van der Waals surface area (Å²) < 4.78 is 13.4. The van der Waals surface area contributed by atoms with Crippen LogP contribution < -0.4 is 5.32 Å². The molecule has 1 unspecified atom stereocenters. The van der Waals surface area contributed by atoms with Gasteiger partial charge in [0.25, 0.3) is 5.69 Å². The Kier molecular flexibility index (Phi) is 3.73. The molecule has 4 nitrogen and oxygen atoms in total. The Hall–Kier alpha value is -1.65. The molecule has 0 saturated heterocycles. The molecule has 1 aromatic rings. The minimum Gasteiger partial charge on any atom is -0.381 e. The van der Waals surface area contributed by atoms with Gasteiger partial charge in [0.2, 0.25) is 0 Å². The van der Waals surface area contributed by atoms with Gasteiger partial charge in [-0.15, -0.1) is 0 Å². The van der Waals surface area contributed by atoms with E-state index < -0.39 is 10.7 Å². The second-order valence-corrected chi connectivity index (χ2v) is 5.89. The van der Waals surface area contributed by atoms with Gasteiger partial charge in [0, 0.05) is 17.8 Å². The highest BCUT2D eigenvalue weighted by Crippen LogP contribution is 2.37. The summed E-state index contributed by atoms with van der Waals surface area (Å²) in [6, 6.07) is 3.88. The van der Waals surface area contributed by atoms with Crippen molar-refractivity contribution >= 4 is 11.4 Å². The van der Waals surface area contributed by atoms with E-state index in [-0.39, 0.29) is 17.1 Å². The van der Waals surface area contributed by atoms with Crippen molar-refractivity contribution < 1.29 is 9.31 Å². The van der Waals surface area contributed by atoms with E-state index in [0.29, 0.717) is 5.69 Å². The number of nitro groups is 1. The topological polar surface area (TPSA) is 55.2 Å². The molecule has 1 aromatic carbocycles. The molecule has 1 aliphatic rings. The molecule has 0 bridgehead atoms.